The normalized spacial score (nSPS) is 17.5. The van der Waals surface area contributed by atoms with Crippen LogP contribution in [0.3, 0.4) is 0 Å². The maximum atomic E-state index is 13.4. The van der Waals surface area contributed by atoms with Crippen LogP contribution in [0.5, 0.6) is 11.5 Å². The number of non-ortho nitro benzene ring substituents is 1. The molecule has 0 radical (unpaired) electrons. The largest absolute Gasteiger partial charge is 0.497 e. The van der Waals surface area contributed by atoms with Gasteiger partial charge >= 0.3 is 0 Å². The van der Waals surface area contributed by atoms with Crippen LogP contribution in [-0.4, -0.2) is 42.8 Å². The summed E-state index contributed by atoms with van der Waals surface area (Å²) in [7, 11) is -1.42. The van der Waals surface area contributed by atoms with Gasteiger partial charge < -0.3 is 9.47 Å². The second-order valence-electron chi connectivity index (χ2n) is 7.07. The third kappa shape index (κ3) is 4.85. The van der Waals surface area contributed by atoms with E-state index in [1.807, 2.05) is 0 Å². The van der Waals surface area contributed by atoms with Crippen LogP contribution in [0, 0.1) is 22.0 Å². The lowest BCUT2D eigenvalue weighted by Crippen LogP contribution is -2.43. The number of thioether (sulfide) groups is 1. The average Bonchev–Trinajstić information content (AvgIpc) is 3.12. The Kier molecular flexibility index (Phi) is 7.48. The summed E-state index contributed by atoms with van der Waals surface area (Å²) >= 11 is 0.447. The van der Waals surface area contributed by atoms with Crippen molar-refractivity contribution >= 4 is 38.4 Å². The predicted molar refractivity (Wildman–Crippen MR) is 124 cm³/mol. The fourth-order valence-electron chi connectivity index (χ4n) is 3.29. The van der Waals surface area contributed by atoms with Crippen molar-refractivity contribution in [3.63, 3.8) is 0 Å². The smallest absolute Gasteiger partial charge is 0.287 e. The highest BCUT2D eigenvalue weighted by molar-refractivity contribution is 8.25. The fourth-order valence-corrected chi connectivity index (χ4v) is 6.67. The molecule has 1 aliphatic rings. The first kappa shape index (κ1) is 25.1. The Balaban J connectivity index is 1.80. The Morgan fingerprint density at radius 3 is 2.38 bits per heavy atom. The van der Waals surface area contributed by atoms with Gasteiger partial charge in [0.2, 0.25) is 13.9 Å². The minimum atomic E-state index is -4.23. The first-order valence-electron chi connectivity index (χ1n) is 9.89. The molecule has 34 heavy (non-hydrogen) atoms. The van der Waals surface area contributed by atoms with Crippen LogP contribution in [0.2, 0.25) is 0 Å². The van der Waals surface area contributed by atoms with Gasteiger partial charge in [-0.25, -0.2) is 8.42 Å². The van der Waals surface area contributed by atoms with Crippen molar-refractivity contribution in [3.05, 3.63) is 58.1 Å². The molecule has 1 unspecified atom stereocenters. The molecule has 1 N–H and O–H groups in total. The molecule has 0 aliphatic carbocycles. The van der Waals surface area contributed by atoms with Crippen molar-refractivity contribution < 1.29 is 32.4 Å². The van der Waals surface area contributed by atoms with E-state index >= 15 is 0 Å². The van der Waals surface area contributed by atoms with E-state index in [0.717, 1.165) is 0 Å². The van der Waals surface area contributed by atoms with Gasteiger partial charge in [-0.05, 0) is 54.9 Å². The summed E-state index contributed by atoms with van der Waals surface area (Å²) < 4.78 is 34.9. The van der Waals surface area contributed by atoms with Gasteiger partial charge in [0.1, 0.15) is 11.5 Å². The van der Waals surface area contributed by atoms with Crippen LogP contribution < -0.4 is 14.8 Å². The lowest BCUT2D eigenvalue weighted by atomic mass is 10.1. The zero-order valence-electron chi connectivity index (χ0n) is 18.2. The van der Waals surface area contributed by atoms with Gasteiger partial charge in [-0.3, -0.25) is 25.0 Å². The van der Waals surface area contributed by atoms with Crippen molar-refractivity contribution in [2.24, 2.45) is 0 Å². The van der Waals surface area contributed by atoms with Crippen LogP contribution in [-0.2, 0) is 14.6 Å². The van der Waals surface area contributed by atoms with Crippen molar-refractivity contribution in [2.45, 2.75) is 28.2 Å². The number of hydrogen-bond donors (Lipinski definition) is 1. The molecule has 1 heterocycles. The standard InChI is InChI=1S/C22H20N2O8S2/c1-31-17-9-11-18(12-10-17)34(29,30)22(20(25)23-21(26)33-22)13-5-3-4-6-15-7-8-16(24(27)28)14-19(15)32-2/h7-12,14H,3,5,13H2,1-2H3,(H,23,25,26). The molecule has 1 atom stereocenters. The summed E-state index contributed by atoms with van der Waals surface area (Å²) in [6.07, 6.45) is 0.267. The topological polar surface area (TPSA) is 142 Å². The number of nitro benzene ring substituents is 1. The molecule has 2 amide bonds. The number of nitrogens with one attached hydrogen (secondary N) is 1. The summed E-state index contributed by atoms with van der Waals surface area (Å²) in [5.74, 6) is 5.49. The number of unbranched alkanes of at least 4 members (excludes halogenated alkanes) is 1. The zero-order chi connectivity index (χ0) is 24.9. The predicted octanol–water partition coefficient (Wildman–Crippen LogP) is 3.29. The first-order chi connectivity index (χ1) is 16.1. The molecular weight excluding hydrogens is 484 g/mol. The number of amides is 2. The van der Waals surface area contributed by atoms with E-state index in [1.165, 1.54) is 56.7 Å². The van der Waals surface area contributed by atoms with Gasteiger partial charge in [0.25, 0.3) is 16.8 Å². The molecule has 0 spiro atoms. The molecule has 0 bridgehead atoms. The maximum Gasteiger partial charge on any atom is 0.287 e. The Hall–Kier alpha value is -3.56. The highest BCUT2D eigenvalue weighted by atomic mass is 32.3. The van der Waals surface area contributed by atoms with Crippen LogP contribution in [0.15, 0.2) is 47.4 Å². The average molecular weight is 505 g/mol. The molecule has 1 saturated heterocycles. The zero-order valence-corrected chi connectivity index (χ0v) is 19.8. The molecule has 178 valence electrons. The van der Waals surface area contributed by atoms with Gasteiger partial charge in [-0.15, -0.1) is 0 Å². The summed E-state index contributed by atoms with van der Waals surface area (Å²) in [4.78, 5) is 34.8. The third-order valence-corrected chi connectivity index (χ3v) is 9.12. The second kappa shape index (κ2) is 10.1. The molecule has 1 fully saturated rings. The molecule has 3 rings (SSSR count). The summed E-state index contributed by atoms with van der Waals surface area (Å²) in [5.41, 5.74) is 0.291. The Morgan fingerprint density at radius 2 is 1.82 bits per heavy atom. The van der Waals surface area contributed by atoms with Gasteiger partial charge in [0, 0.05) is 12.5 Å². The Bertz CT molecular complexity index is 1300. The van der Waals surface area contributed by atoms with Crippen molar-refractivity contribution in [1.29, 1.82) is 0 Å². The number of benzene rings is 2. The number of sulfone groups is 1. The fraction of sp³-hybridized carbons (Fsp3) is 0.273. The molecule has 1 aliphatic heterocycles. The number of ether oxygens (including phenoxy) is 2. The summed E-state index contributed by atoms with van der Waals surface area (Å²) in [6.45, 7) is 0. The second-order valence-corrected chi connectivity index (χ2v) is 10.8. The van der Waals surface area contributed by atoms with Crippen molar-refractivity contribution in [1.82, 2.24) is 5.32 Å². The molecule has 2 aromatic rings. The summed E-state index contributed by atoms with van der Waals surface area (Å²) in [5, 5.41) is 12.2. The van der Waals surface area contributed by atoms with E-state index in [-0.39, 0.29) is 35.6 Å². The minimum Gasteiger partial charge on any atom is -0.497 e. The van der Waals surface area contributed by atoms with Crippen molar-refractivity contribution in [2.75, 3.05) is 14.2 Å². The van der Waals surface area contributed by atoms with Gasteiger partial charge in [-0.2, -0.15) is 0 Å². The van der Waals surface area contributed by atoms with E-state index in [4.69, 9.17) is 9.47 Å². The van der Waals surface area contributed by atoms with Crippen LogP contribution in [0.4, 0.5) is 10.5 Å². The number of carbonyl (C=O) groups excluding carboxylic acids is 2. The minimum absolute atomic E-state index is 0.104. The maximum absolute atomic E-state index is 13.4. The molecule has 2 aromatic carbocycles. The number of nitrogens with zero attached hydrogens (tertiary/aromatic N) is 1. The lowest BCUT2D eigenvalue weighted by Gasteiger charge is -2.24. The molecule has 12 heteroatoms. The van der Waals surface area contributed by atoms with Crippen LogP contribution in [0.1, 0.15) is 24.8 Å². The molecular formula is C22H20N2O8S2. The van der Waals surface area contributed by atoms with E-state index in [0.29, 0.717) is 23.1 Å². The molecule has 0 aromatic heterocycles. The number of rotatable bonds is 8. The highest BCUT2D eigenvalue weighted by Gasteiger charge is 2.57. The number of methoxy groups -OCH3 is 2. The monoisotopic (exact) mass is 504 g/mol. The third-order valence-electron chi connectivity index (χ3n) is 5.05. The SMILES string of the molecule is COc1ccc(S(=O)(=O)C2(CCCC#Cc3ccc([N+](=O)[O-])cc3OC)SC(=O)NC2=O)cc1. The molecule has 0 saturated carbocycles. The van der Waals surface area contributed by atoms with E-state index in [1.54, 1.807) is 0 Å². The van der Waals surface area contributed by atoms with Gasteiger partial charge in [0.05, 0.1) is 35.7 Å². The first-order valence-corrected chi connectivity index (χ1v) is 12.2. The number of imide groups is 1. The summed E-state index contributed by atoms with van der Waals surface area (Å²) in [6, 6.07) is 9.59. The number of carbonyl (C=O) groups is 2. The van der Waals surface area contributed by atoms with Gasteiger partial charge in [-0.1, -0.05) is 11.8 Å². The number of nitro groups is 1. The van der Waals surface area contributed by atoms with E-state index < -0.39 is 30.0 Å². The van der Waals surface area contributed by atoms with Gasteiger partial charge in [0.15, 0.2) is 0 Å². The van der Waals surface area contributed by atoms with Crippen LogP contribution in [0.25, 0.3) is 0 Å². The Labute approximate surface area is 200 Å². The van der Waals surface area contributed by atoms with E-state index in [9.17, 15) is 28.1 Å². The number of hydrogen-bond acceptors (Lipinski definition) is 9. The van der Waals surface area contributed by atoms with Crippen LogP contribution >= 0.6 is 11.8 Å². The van der Waals surface area contributed by atoms with Crippen molar-refractivity contribution in [3.8, 4) is 23.3 Å². The lowest BCUT2D eigenvalue weighted by molar-refractivity contribution is -0.384. The quantitative estimate of drug-likeness (QED) is 0.248. The highest BCUT2D eigenvalue weighted by Crippen LogP contribution is 2.44. The Morgan fingerprint density at radius 1 is 1.12 bits per heavy atom. The molecule has 10 nitrogen and oxygen atoms in total. The van der Waals surface area contributed by atoms with E-state index in [2.05, 4.69) is 17.2 Å².